The lowest BCUT2D eigenvalue weighted by molar-refractivity contribution is 0.169. The summed E-state index contributed by atoms with van der Waals surface area (Å²) in [5, 5.41) is 0. The quantitative estimate of drug-likeness (QED) is 0.333. The monoisotopic (exact) mass is 232 g/mol. The molecule has 0 spiro atoms. The number of thiol groups is 1. The van der Waals surface area contributed by atoms with E-state index in [0.29, 0.717) is 0 Å². The topological polar surface area (TPSA) is 9.23 Å². The van der Waals surface area contributed by atoms with Crippen molar-refractivity contribution < 1.29 is 4.74 Å². The molecule has 0 bridgehead atoms. The summed E-state index contributed by atoms with van der Waals surface area (Å²) in [7, 11) is 0. The molecule has 0 aliphatic rings. The third-order valence-electron chi connectivity index (χ3n) is 0.457. The average molecular weight is 232 g/mol. The first kappa shape index (κ1) is 8.04. The van der Waals surface area contributed by atoms with Crippen molar-refractivity contribution in [1.82, 2.24) is 0 Å². The molecule has 0 atom stereocenters. The van der Waals surface area contributed by atoms with Gasteiger partial charge in [-0.1, -0.05) is 22.6 Å². The third-order valence-corrected chi connectivity index (χ3v) is 1.08. The molecule has 0 heterocycles. The Labute approximate surface area is 63.4 Å². The molecule has 44 valence electrons. The molecule has 0 N–H and O–H groups in total. The van der Waals surface area contributed by atoms with Gasteiger partial charge < -0.3 is 4.74 Å². The van der Waals surface area contributed by atoms with Crippen LogP contribution in [0.2, 0.25) is 0 Å². The van der Waals surface area contributed by atoms with Gasteiger partial charge in [0.05, 0.1) is 13.2 Å². The molecule has 0 radical (unpaired) electrons. The van der Waals surface area contributed by atoms with Crippen LogP contribution in [0.3, 0.4) is 0 Å². The molecule has 0 aromatic carbocycles. The first-order valence-corrected chi connectivity index (χ1v) is 4.32. The van der Waals surface area contributed by atoms with Gasteiger partial charge in [-0.2, -0.15) is 12.6 Å². The molecule has 7 heavy (non-hydrogen) atoms. The third kappa shape index (κ3) is 7.04. The standard InChI is InChI=1S/C4H9IOS/c5-1-2-6-3-4-7/h7H,1-4H2. The minimum atomic E-state index is 0.784. The van der Waals surface area contributed by atoms with Crippen molar-refractivity contribution in [3.05, 3.63) is 0 Å². The van der Waals surface area contributed by atoms with Crippen molar-refractivity contribution in [1.29, 1.82) is 0 Å². The van der Waals surface area contributed by atoms with Crippen LogP contribution >= 0.6 is 35.2 Å². The normalized spacial score (nSPS) is 9.43. The predicted octanol–water partition coefficient (Wildman–Crippen LogP) is 1.37. The molecule has 0 fully saturated rings. The Morgan fingerprint density at radius 1 is 1.43 bits per heavy atom. The van der Waals surface area contributed by atoms with E-state index in [1.54, 1.807) is 0 Å². The second-order valence-corrected chi connectivity index (χ2v) is 2.55. The molecule has 0 aliphatic heterocycles. The lowest BCUT2D eigenvalue weighted by atomic mass is 10.8. The van der Waals surface area contributed by atoms with Crippen LogP contribution in [0.4, 0.5) is 0 Å². The lowest BCUT2D eigenvalue weighted by Gasteiger charge is -1.94. The zero-order valence-electron chi connectivity index (χ0n) is 4.06. The zero-order chi connectivity index (χ0) is 5.54. The van der Waals surface area contributed by atoms with E-state index in [1.165, 1.54) is 0 Å². The van der Waals surface area contributed by atoms with Crippen molar-refractivity contribution in [2.45, 2.75) is 0 Å². The molecular formula is C4H9IOS. The molecule has 0 saturated heterocycles. The van der Waals surface area contributed by atoms with Crippen molar-refractivity contribution in [3.8, 4) is 0 Å². The summed E-state index contributed by atoms with van der Waals surface area (Å²) in [5.74, 6) is 0.830. The number of rotatable bonds is 4. The van der Waals surface area contributed by atoms with Gasteiger partial charge >= 0.3 is 0 Å². The fourth-order valence-corrected chi connectivity index (χ4v) is 0.662. The highest BCUT2D eigenvalue weighted by molar-refractivity contribution is 14.1. The van der Waals surface area contributed by atoms with E-state index in [0.717, 1.165) is 23.4 Å². The van der Waals surface area contributed by atoms with Gasteiger partial charge in [0.15, 0.2) is 0 Å². The van der Waals surface area contributed by atoms with Gasteiger partial charge in [0.2, 0.25) is 0 Å². The summed E-state index contributed by atoms with van der Waals surface area (Å²) in [5.41, 5.74) is 0. The van der Waals surface area contributed by atoms with Crippen molar-refractivity contribution in [2.75, 3.05) is 23.4 Å². The maximum absolute atomic E-state index is 5.05. The molecule has 1 nitrogen and oxygen atoms in total. The van der Waals surface area contributed by atoms with Crippen molar-refractivity contribution >= 4 is 35.2 Å². The second kappa shape index (κ2) is 7.04. The average Bonchev–Trinajstić information content (AvgIpc) is 1.69. The molecule has 3 heteroatoms. The summed E-state index contributed by atoms with van der Waals surface area (Å²) in [6.45, 7) is 1.65. The van der Waals surface area contributed by atoms with E-state index < -0.39 is 0 Å². The van der Waals surface area contributed by atoms with Crippen LogP contribution in [0.5, 0.6) is 0 Å². The SMILES string of the molecule is SCCOCCI. The van der Waals surface area contributed by atoms with Crippen LogP contribution in [-0.4, -0.2) is 23.4 Å². The first-order chi connectivity index (χ1) is 3.41. The van der Waals surface area contributed by atoms with Crippen LogP contribution in [0.1, 0.15) is 0 Å². The summed E-state index contributed by atoms with van der Waals surface area (Å²) < 4.78 is 6.12. The maximum atomic E-state index is 5.05. The molecule has 0 aromatic rings. The van der Waals surface area contributed by atoms with E-state index in [-0.39, 0.29) is 0 Å². The van der Waals surface area contributed by atoms with Gasteiger partial charge in [0, 0.05) is 10.2 Å². The fraction of sp³-hybridized carbons (Fsp3) is 1.00. The molecular weight excluding hydrogens is 223 g/mol. The predicted molar refractivity (Wildman–Crippen MR) is 43.6 cm³/mol. The summed E-state index contributed by atoms with van der Waals surface area (Å²) in [6.07, 6.45) is 0. The maximum Gasteiger partial charge on any atom is 0.0556 e. The Balaban J connectivity index is 2.45. The number of hydrogen-bond donors (Lipinski definition) is 1. The van der Waals surface area contributed by atoms with Crippen LogP contribution in [0.25, 0.3) is 0 Å². The van der Waals surface area contributed by atoms with Gasteiger partial charge in [-0.15, -0.1) is 0 Å². The van der Waals surface area contributed by atoms with Gasteiger partial charge in [-0.25, -0.2) is 0 Å². The van der Waals surface area contributed by atoms with Crippen LogP contribution in [0, 0.1) is 0 Å². The molecule has 0 amide bonds. The van der Waals surface area contributed by atoms with Crippen molar-refractivity contribution in [2.24, 2.45) is 0 Å². The van der Waals surface area contributed by atoms with E-state index in [9.17, 15) is 0 Å². The van der Waals surface area contributed by atoms with E-state index in [4.69, 9.17) is 4.74 Å². The number of alkyl halides is 1. The number of halogens is 1. The van der Waals surface area contributed by atoms with E-state index >= 15 is 0 Å². The highest BCUT2D eigenvalue weighted by Crippen LogP contribution is 1.82. The molecule has 0 aliphatic carbocycles. The Hall–Kier alpha value is 1.04. The number of hydrogen-bond acceptors (Lipinski definition) is 2. The minimum absolute atomic E-state index is 0.784. The Morgan fingerprint density at radius 2 is 2.14 bits per heavy atom. The van der Waals surface area contributed by atoms with Gasteiger partial charge in [0.25, 0.3) is 0 Å². The number of ether oxygens (including phenoxy) is 1. The largest absolute Gasteiger partial charge is 0.380 e. The Bertz CT molecular complexity index is 30.9. The molecule has 0 rings (SSSR count). The van der Waals surface area contributed by atoms with Crippen molar-refractivity contribution in [3.63, 3.8) is 0 Å². The highest BCUT2D eigenvalue weighted by atomic mass is 127. The first-order valence-electron chi connectivity index (χ1n) is 2.16. The summed E-state index contributed by atoms with van der Waals surface area (Å²) in [6, 6.07) is 0. The van der Waals surface area contributed by atoms with Gasteiger partial charge in [0.1, 0.15) is 0 Å². The molecule has 0 unspecified atom stereocenters. The minimum Gasteiger partial charge on any atom is -0.380 e. The fourth-order valence-electron chi connectivity index (χ4n) is 0.221. The van der Waals surface area contributed by atoms with E-state index in [1.807, 2.05) is 0 Å². The Kier molecular flexibility index (Phi) is 8.09. The summed E-state index contributed by atoms with van der Waals surface area (Å²) >= 11 is 6.24. The zero-order valence-corrected chi connectivity index (χ0v) is 7.11. The van der Waals surface area contributed by atoms with E-state index in [2.05, 4.69) is 35.2 Å². The van der Waals surface area contributed by atoms with Crippen LogP contribution in [0.15, 0.2) is 0 Å². The smallest absolute Gasteiger partial charge is 0.0556 e. The summed E-state index contributed by atoms with van der Waals surface area (Å²) in [4.78, 5) is 0. The Morgan fingerprint density at radius 3 is 2.57 bits per heavy atom. The van der Waals surface area contributed by atoms with Gasteiger partial charge in [-0.05, 0) is 0 Å². The molecule has 0 saturated carbocycles. The molecule has 0 aromatic heterocycles. The highest BCUT2D eigenvalue weighted by Gasteiger charge is 1.79. The lowest BCUT2D eigenvalue weighted by Crippen LogP contribution is -1.97. The van der Waals surface area contributed by atoms with Gasteiger partial charge in [-0.3, -0.25) is 0 Å². The van der Waals surface area contributed by atoms with Crippen LogP contribution < -0.4 is 0 Å². The van der Waals surface area contributed by atoms with Crippen LogP contribution in [-0.2, 0) is 4.74 Å². The second-order valence-electron chi connectivity index (χ2n) is 1.02.